The number of thiophene rings is 1. The molecule has 0 unspecified atom stereocenters. The summed E-state index contributed by atoms with van der Waals surface area (Å²) in [6.07, 6.45) is 3.15. The van der Waals surface area contributed by atoms with Crippen molar-refractivity contribution in [2.75, 3.05) is 17.7 Å². The molecule has 2 aromatic heterocycles. The van der Waals surface area contributed by atoms with Crippen molar-refractivity contribution >= 4 is 28.6 Å². The first kappa shape index (κ1) is 10.6. The number of rotatable bonds is 2. The summed E-state index contributed by atoms with van der Waals surface area (Å²) < 4.78 is 0. The van der Waals surface area contributed by atoms with Crippen LogP contribution in [0.15, 0.2) is 35.3 Å². The van der Waals surface area contributed by atoms with Crippen LogP contribution >= 0.6 is 11.3 Å². The molecule has 4 nitrogen and oxygen atoms in total. The molecule has 1 amide bonds. The van der Waals surface area contributed by atoms with E-state index in [1.165, 1.54) is 22.4 Å². The Labute approximate surface area is 97.3 Å². The van der Waals surface area contributed by atoms with E-state index < -0.39 is 0 Å². The summed E-state index contributed by atoms with van der Waals surface area (Å²) >= 11 is 1.49. The van der Waals surface area contributed by atoms with E-state index in [1.807, 2.05) is 10.8 Å². The van der Waals surface area contributed by atoms with Crippen LogP contribution in [0.3, 0.4) is 0 Å². The second kappa shape index (κ2) is 4.32. The van der Waals surface area contributed by atoms with Crippen LogP contribution in [0.1, 0.15) is 10.4 Å². The van der Waals surface area contributed by atoms with Crippen LogP contribution in [0.25, 0.3) is 0 Å². The molecular weight excluding hydrogens is 222 g/mol. The molecule has 0 saturated carbocycles. The predicted molar refractivity (Wildman–Crippen MR) is 65.7 cm³/mol. The Bertz CT molecular complexity index is 496. The Morgan fingerprint density at radius 2 is 2.31 bits per heavy atom. The average Bonchev–Trinajstić information content (AvgIpc) is 2.81. The van der Waals surface area contributed by atoms with Gasteiger partial charge in [0.1, 0.15) is 0 Å². The zero-order valence-electron chi connectivity index (χ0n) is 8.75. The minimum atomic E-state index is -0.0702. The number of anilines is 2. The van der Waals surface area contributed by atoms with Gasteiger partial charge in [-0.2, -0.15) is 11.3 Å². The monoisotopic (exact) mass is 233 g/mol. The number of carbonyl (C=O) groups is 1. The molecule has 0 saturated heterocycles. The molecule has 0 aliphatic heterocycles. The molecule has 0 radical (unpaired) electrons. The van der Waals surface area contributed by atoms with Gasteiger partial charge >= 0.3 is 0 Å². The highest BCUT2D eigenvalue weighted by Crippen LogP contribution is 2.22. The fraction of sp³-hybridized carbons (Fsp3) is 0.0909. The lowest BCUT2D eigenvalue weighted by atomic mass is 10.2. The van der Waals surface area contributed by atoms with E-state index in [1.54, 1.807) is 25.4 Å². The molecule has 2 N–H and O–H groups in total. The number of nitrogens with two attached hydrogens (primary N) is 1. The van der Waals surface area contributed by atoms with Crippen molar-refractivity contribution < 1.29 is 4.79 Å². The molecule has 2 rings (SSSR count). The molecule has 0 aromatic carbocycles. The molecule has 0 aliphatic carbocycles. The van der Waals surface area contributed by atoms with Gasteiger partial charge in [-0.1, -0.05) is 0 Å². The standard InChI is InChI=1S/C11H11N3OS/c1-14(10-2-4-13-6-9(10)12)11(15)8-3-5-16-7-8/h2-7H,12H2,1H3. The first-order chi connectivity index (χ1) is 7.70. The highest BCUT2D eigenvalue weighted by atomic mass is 32.1. The third-order valence-electron chi connectivity index (χ3n) is 2.26. The van der Waals surface area contributed by atoms with Crippen LogP contribution in [0.2, 0.25) is 0 Å². The van der Waals surface area contributed by atoms with Gasteiger partial charge in [0.05, 0.1) is 23.1 Å². The maximum absolute atomic E-state index is 12.0. The Morgan fingerprint density at radius 1 is 1.50 bits per heavy atom. The maximum atomic E-state index is 12.0. The van der Waals surface area contributed by atoms with E-state index in [-0.39, 0.29) is 5.91 Å². The fourth-order valence-electron chi connectivity index (χ4n) is 1.39. The minimum Gasteiger partial charge on any atom is -0.396 e. The average molecular weight is 233 g/mol. The van der Waals surface area contributed by atoms with Gasteiger partial charge in [0.25, 0.3) is 5.91 Å². The summed E-state index contributed by atoms with van der Waals surface area (Å²) in [7, 11) is 1.70. The normalized spacial score (nSPS) is 10.1. The van der Waals surface area contributed by atoms with E-state index >= 15 is 0 Å². The van der Waals surface area contributed by atoms with E-state index in [0.29, 0.717) is 16.9 Å². The molecule has 2 heterocycles. The van der Waals surface area contributed by atoms with Gasteiger partial charge in [-0.15, -0.1) is 0 Å². The van der Waals surface area contributed by atoms with Crippen molar-refractivity contribution in [3.8, 4) is 0 Å². The lowest BCUT2D eigenvalue weighted by molar-refractivity contribution is 0.0993. The first-order valence-electron chi connectivity index (χ1n) is 4.70. The van der Waals surface area contributed by atoms with Crippen molar-refractivity contribution in [3.05, 3.63) is 40.8 Å². The maximum Gasteiger partial charge on any atom is 0.258 e. The number of nitrogen functional groups attached to an aromatic ring is 1. The Balaban J connectivity index is 2.30. The van der Waals surface area contributed by atoms with Crippen molar-refractivity contribution in [1.82, 2.24) is 4.98 Å². The number of amides is 1. The summed E-state index contributed by atoms with van der Waals surface area (Å²) in [6, 6.07) is 3.51. The van der Waals surface area contributed by atoms with Crippen LogP contribution in [-0.4, -0.2) is 17.9 Å². The van der Waals surface area contributed by atoms with Gasteiger partial charge in [0.2, 0.25) is 0 Å². The van der Waals surface area contributed by atoms with E-state index in [2.05, 4.69) is 4.98 Å². The van der Waals surface area contributed by atoms with Crippen LogP contribution in [-0.2, 0) is 0 Å². The van der Waals surface area contributed by atoms with Gasteiger partial charge < -0.3 is 10.6 Å². The summed E-state index contributed by atoms with van der Waals surface area (Å²) in [5, 5.41) is 3.69. The van der Waals surface area contributed by atoms with Crippen molar-refractivity contribution in [2.24, 2.45) is 0 Å². The molecular formula is C11H11N3OS. The largest absolute Gasteiger partial charge is 0.396 e. The molecule has 82 valence electrons. The smallest absolute Gasteiger partial charge is 0.258 e. The number of aromatic nitrogens is 1. The molecule has 0 spiro atoms. The van der Waals surface area contributed by atoms with Crippen molar-refractivity contribution in [3.63, 3.8) is 0 Å². The zero-order chi connectivity index (χ0) is 11.5. The first-order valence-corrected chi connectivity index (χ1v) is 5.64. The molecule has 0 atom stereocenters. The van der Waals surface area contributed by atoms with Crippen LogP contribution in [0.5, 0.6) is 0 Å². The SMILES string of the molecule is CN(C(=O)c1ccsc1)c1ccncc1N. The zero-order valence-corrected chi connectivity index (χ0v) is 9.57. The third-order valence-corrected chi connectivity index (χ3v) is 2.95. The lowest BCUT2D eigenvalue weighted by Crippen LogP contribution is -2.26. The topological polar surface area (TPSA) is 59.2 Å². The van der Waals surface area contributed by atoms with Gasteiger partial charge in [-0.3, -0.25) is 9.78 Å². The number of pyridine rings is 1. The number of nitrogens with zero attached hydrogens (tertiary/aromatic N) is 2. The Kier molecular flexibility index (Phi) is 2.87. The predicted octanol–water partition coefficient (Wildman–Crippen LogP) is 2.00. The summed E-state index contributed by atoms with van der Waals surface area (Å²) in [5.74, 6) is -0.0702. The Hall–Kier alpha value is -1.88. The second-order valence-electron chi connectivity index (χ2n) is 3.31. The van der Waals surface area contributed by atoms with Crippen LogP contribution in [0.4, 0.5) is 11.4 Å². The molecule has 5 heteroatoms. The van der Waals surface area contributed by atoms with Crippen LogP contribution in [0, 0.1) is 0 Å². The summed E-state index contributed by atoms with van der Waals surface area (Å²) in [4.78, 5) is 17.4. The number of hydrogen-bond donors (Lipinski definition) is 1. The molecule has 2 aromatic rings. The molecule has 0 aliphatic rings. The number of hydrogen-bond acceptors (Lipinski definition) is 4. The van der Waals surface area contributed by atoms with E-state index in [9.17, 15) is 4.79 Å². The molecule has 0 bridgehead atoms. The second-order valence-corrected chi connectivity index (χ2v) is 4.09. The van der Waals surface area contributed by atoms with Gasteiger partial charge in [0.15, 0.2) is 0 Å². The highest BCUT2D eigenvalue weighted by Gasteiger charge is 2.15. The number of carbonyl (C=O) groups excluding carboxylic acids is 1. The third kappa shape index (κ3) is 1.90. The van der Waals surface area contributed by atoms with E-state index in [0.717, 1.165) is 0 Å². The van der Waals surface area contributed by atoms with Crippen LogP contribution < -0.4 is 10.6 Å². The van der Waals surface area contributed by atoms with Crippen molar-refractivity contribution in [1.29, 1.82) is 0 Å². The quantitative estimate of drug-likeness (QED) is 0.863. The fourth-order valence-corrected chi connectivity index (χ4v) is 2.02. The van der Waals surface area contributed by atoms with Gasteiger partial charge in [0, 0.05) is 18.6 Å². The van der Waals surface area contributed by atoms with Gasteiger partial charge in [-0.05, 0) is 17.5 Å². The van der Waals surface area contributed by atoms with Crippen molar-refractivity contribution in [2.45, 2.75) is 0 Å². The summed E-state index contributed by atoms with van der Waals surface area (Å²) in [6.45, 7) is 0. The summed E-state index contributed by atoms with van der Waals surface area (Å²) in [5.41, 5.74) is 7.60. The molecule has 0 fully saturated rings. The van der Waals surface area contributed by atoms with Gasteiger partial charge in [-0.25, -0.2) is 0 Å². The minimum absolute atomic E-state index is 0.0702. The van der Waals surface area contributed by atoms with E-state index in [4.69, 9.17) is 5.73 Å². The highest BCUT2D eigenvalue weighted by molar-refractivity contribution is 7.08. The lowest BCUT2D eigenvalue weighted by Gasteiger charge is -2.17. The molecule has 16 heavy (non-hydrogen) atoms. The Morgan fingerprint density at radius 3 is 2.94 bits per heavy atom.